The van der Waals surface area contributed by atoms with Crippen LogP contribution in [-0.2, 0) is 19.1 Å². The molecule has 0 aromatic rings. The van der Waals surface area contributed by atoms with Gasteiger partial charge in [-0.3, -0.25) is 9.59 Å². The second-order valence-electron chi connectivity index (χ2n) is 14.1. The summed E-state index contributed by atoms with van der Waals surface area (Å²) in [4.78, 5) is 36.2. The van der Waals surface area contributed by atoms with E-state index in [-0.39, 0.29) is 18.0 Å². The Kier molecular flexibility index (Phi) is 35.0. The number of carboxylic acid groups (broad SMARTS) is 1. The SMILES string of the molecule is CCCCCCCCC/C=C\CCCCCCCCCC(=O)OC(CCCCCCC)CCCCCCC(=O)NC(CCCN)C(=O)O. The molecule has 0 bridgehead atoms. The van der Waals surface area contributed by atoms with Gasteiger partial charge in [0.25, 0.3) is 0 Å². The van der Waals surface area contributed by atoms with Crippen LogP contribution in [0.4, 0.5) is 0 Å². The summed E-state index contributed by atoms with van der Waals surface area (Å²) in [5, 5.41) is 11.9. The Hall–Kier alpha value is -1.89. The minimum Gasteiger partial charge on any atom is -0.480 e. The smallest absolute Gasteiger partial charge is 0.326 e. The molecule has 282 valence electrons. The van der Waals surface area contributed by atoms with Gasteiger partial charge in [-0.15, -0.1) is 0 Å². The number of nitrogens with two attached hydrogens (primary N) is 1. The number of carbonyl (C=O) groups is 3. The lowest BCUT2D eigenvalue weighted by molar-refractivity contribution is -0.150. The largest absolute Gasteiger partial charge is 0.480 e. The van der Waals surface area contributed by atoms with E-state index in [0.717, 1.165) is 57.8 Å². The molecule has 0 aromatic heterocycles. The summed E-state index contributed by atoms with van der Waals surface area (Å²) in [6.07, 6.45) is 38.4. The molecule has 7 heteroatoms. The molecule has 0 aliphatic rings. The first-order valence-corrected chi connectivity index (χ1v) is 20.5. The highest BCUT2D eigenvalue weighted by Gasteiger charge is 2.19. The van der Waals surface area contributed by atoms with Crippen LogP contribution in [0.15, 0.2) is 12.2 Å². The highest BCUT2D eigenvalue weighted by atomic mass is 16.5. The van der Waals surface area contributed by atoms with Gasteiger partial charge in [0.15, 0.2) is 0 Å². The summed E-state index contributed by atoms with van der Waals surface area (Å²) in [5.41, 5.74) is 5.47. The lowest BCUT2D eigenvalue weighted by Gasteiger charge is -2.18. The first-order chi connectivity index (χ1) is 23.4. The van der Waals surface area contributed by atoms with Crippen molar-refractivity contribution >= 4 is 17.8 Å². The first-order valence-electron chi connectivity index (χ1n) is 20.5. The number of hydrogen-bond donors (Lipinski definition) is 3. The van der Waals surface area contributed by atoms with Gasteiger partial charge in [-0.1, -0.05) is 135 Å². The quantitative estimate of drug-likeness (QED) is 0.0342. The molecule has 2 atom stereocenters. The molecular formula is C41H78N2O5. The summed E-state index contributed by atoms with van der Waals surface area (Å²) in [5.74, 6) is -1.27. The molecule has 0 fully saturated rings. The van der Waals surface area contributed by atoms with Gasteiger partial charge in [-0.2, -0.15) is 0 Å². The standard InChI is InChI=1S/C41H78N2O5/c1-3-5-7-9-10-11-12-13-14-15-16-17-18-19-20-21-23-29-35-40(45)48-37(31-26-22-8-6-4-2)32-27-24-25-28-34-39(44)43-38(41(46)47)33-30-36-42/h14-15,37-38H,3-13,16-36,42H2,1-2H3,(H,43,44)(H,46,47)/b15-14-. The van der Waals surface area contributed by atoms with Crippen molar-refractivity contribution in [2.45, 2.75) is 225 Å². The molecule has 7 nitrogen and oxygen atoms in total. The van der Waals surface area contributed by atoms with Crippen LogP contribution in [0.1, 0.15) is 213 Å². The summed E-state index contributed by atoms with van der Waals surface area (Å²) >= 11 is 0. The fourth-order valence-corrected chi connectivity index (χ4v) is 6.21. The van der Waals surface area contributed by atoms with Crippen molar-refractivity contribution in [3.8, 4) is 0 Å². The number of carbonyl (C=O) groups excluding carboxylic acids is 2. The highest BCUT2D eigenvalue weighted by Crippen LogP contribution is 2.18. The molecule has 0 saturated carbocycles. The first kappa shape index (κ1) is 46.1. The number of rotatable bonds is 37. The Morgan fingerprint density at radius 1 is 0.583 bits per heavy atom. The third-order valence-corrected chi connectivity index (χ3v) is 9.33. The van der Waals surface area contributed by atoms with E-state index in [2.05, 4.69) is 31.3 Å². The van der Waals surface area contributed by atoms with Crippen LogP contribution in [0.5, 0.6) is 0 Å². The number of allylic oxidation sites excluding steroid dienone is 2. The molecule has 4 N–H and O–H groups in total. The lowest BCUT2D eigenvalue weighted by Crippen LogP contribution is -2.40. The van der Waals surface area contributed by atoms with Crippen molar-refractivity contribution in [1.82, 2.24) is 5.32 Å². The van der Waals surface area contributed by atoms with Gasteiger partial charge >= 0.3 is 11.9 Å². The Morgan fingerprint density at radius 2 is 1.02 bits per heavy atom. The normalized spacial score (nSPS) is 12.7. The third kappa shape index (κ3) is 32.6. The fraction of sp³-hybridized carbons (Fsp3) is 0.878. The molecule has 0 saturated heterocycles. The van der Waals surface area contributed by atoms with E-state index in [0.29, 0.717) is 32.2 Å². The van der Waals surface area contributed by atoms with Gasteiger partial charge in [0.05, 0.1) is 0 Å². The zero-order chi connectivity index (χ0) is 35.3. The number of ether oxygens (including phenoxy) is 1. The number of aliphatic carboxylic acids is 1. The maximum absolute atomic E-state index is 12.7. The Labute approximate surface area is 296 Å². The summed E-state index contributed by atoms with van der Waals surface area (Å²) in [7, 11) is 0. The topological polar surface area (TPSA) is 119 Å². The molecule has 48 heavy (non-hydrogen) atoms. The van der Waals surface area contributed by atoms with E-state index in [1.165, 1.54) is 116 Å². The van der Waals surface area contributed by atoms with Crippen molar-refractivity contribution in [3.05, 3.63) is 12.2 Å². The third-order valence-electron chi connectivity index (χ3n) is 9.33. The van der Waals surface area contributed by atoms with Gasteiger partial charge in [0, 0.05) is 12.8 Å². The number of esters is 1. The molecule has 0 heterocycles. The minimum absolute atomic E-state index is 0.00843. The van der Waals surface area contributed by atoms with E-state index in [4.69, 9.17) is 10.5 Å². The van der Waals surface area contributed by atoms with Crippen molar-refractivity contribution in [2.24, 2.45) is 5.73 Å². The number of hydrogen-bond acceptors (Lipinski definition) is 5. The van der Waals surface area contributed by atoms with E-state index < -0.39 is 12.0 Å². The van der Waals surface area contributed by atoms with Crippen LogP contribution in [0, 0.1) is 0 Å². The van der Waals surface area contributed by atoms with Crippen molar-refractivity contribution in [1.29, 1.82) is 0 Å². The lowest BCUT2D eigenvalue weighted by atomic mass is 10.0. The van der Waals surface area contributed by atoms with Gasteiger partial charge < -0.3 is 20.9 Å². The van der Waals surface area contributed by atoms with Gasteiger partial charge in [0.2, 0.25) is 5.91 Å². The van der Waals surface area contributed by atoms with Crippen LogP contribution in [0.2, 0.25) is 0 Å². The molecule has 0 aliphatic carbocycles. The van der Waals surface area contributed by atoms with Crippen LogP contribution in [-0.4, -0.2) is 41.6 Å². The van der Waals surface area contributed by atoms with E-state index in [1.807, 2.05) is 0 Å². The zero-order valence-corrected chi connectivity index (χ0v) is 31.6. The summed E-state index contributed by atoms with van der Waals surface area (Å²) in [6.45, 7) is 4.90. The molecule has 0 radical (unpaired) electrons. The Morgan fingerprint density at radius 3 is 1.50 bits per heavy atom. The molecule has 0 aliphatic heterocycles. The second kappa shape index (κ2) is 36.4. The summed E-state index contributed by atoms with van der Waals surface area (Å²) < 4.78 is 5.96. The fourth-order valence-electron chi connectivity index (χ4n) is 6.21. The van der Waals surface area contributed by atoms with E-state index >= 15 is 0 Å². The van der Waals surface area contributed by atoms with Gasteiger partial charge in [-0.05, 0) is 83.6 Å². The Bertz CT molecular complexity index is 772. The number of unbranched alkanes of at least 4 members (excludes halogenated alkanes) is 21. The maximum Gasteiger partial charge on any atom is 0.326 e. The average molecular weight is 679 g/mol. The highest BCUT2D eigenvalue weighted by molar-refractivity contribution is 5.83. The van der Waals surface area contributed by atoms with E-state index in [9.17, 15) is 19.5 Å². The van der Waals surface area contributed by atoms with Crippen molar-refractivity contribution in [2.75, 3.05) is 6.54 Å². The number of amides is 1. The van der Waals surface area contributed by atoms with Crippen molar-refractivity contribution in [3.63, 3.8) is 0 Å². The predicted octanol–water partition coefficient (Wildman–Crippen LogP) is 11.1. The molecule has 0 rings (SSSR count). The number of carboxylic acids is 1. The summed E-state index contributed by atoms with van der Waals surface area (Å²) in [6, 6.07) is -0.861. The van der Waals surface area contributed by atoms with Gasteiger partial charge in [0.1, 0.15) is 12.1 Å². The van der Waals surface area contributed by atoms with Crippen LogP contribution >= 0.6 is 0 Å². The van der Waals surface area contributed by atoms with Crippen molar-refractivity contribution < 1.29 is 24.2 Å². The van der Waals surface area contributed by atoms with Crippen LogP contribution < -0.4 is 11.1 Å². The molecule has 0 aromatic carbocycles. The van der Waals surface area contributed by atoms with Gasteiger partial charge in [-0.25, -0.2) is 4.79 Å². The minimum atomic E-state index is -1.01. The second-order valence-corrected chi connectivity index (χ2v) is 14.1. The molecular weight excluding hydrogens is 600 g/mol. The monoisotopic (exact) mass is 679 g/mol. The zero-order valence-electron chi connectivity index (χ0n) is 31.6. The molecule has 2 unspecified atom stereocenters. The number of nitrogens with one attached hydrogen (secondary N) is 1. The predicted molar refractivity (Wildman–Crippen MR) is 202 cm³/mol. The van der Waals surface area contributed by atoms with Crippen LogP contribution in [0.3, 0.4) is 0 Å². The van der Waals surface area contributed by atoms with E-state index in [1.54, 1.807) is 0 Å². The Balaban J connectivity index is 4.03. The molecule has 1 amide bonds. The van der Waals surface area contributed by atoms with Crippen LogP contribution in [0.25, 0.3) is 0 Å². The average Bonchev–Trinajstić information content (AvgIpc) is 3.07. The molecule has 0 spiro atoms. The maximum atomic E-state index is 12.7.